The third-order valence-corrected chi connectivity index (χ3v) is 4.39. The van der Waals surface area contributed by atoms with E-state index in [2.05, 4.69) is 10.5 Å². The van der Waals surface area contributed by atoms with E-state index < -0.39 is 11.7 Å². The number of hydrogen-bond donors (Lipinski definition) is 1. The molecule has 0 aliphatic rings. The first kappa shape index (κ1) is 20.2. The second-order valence-electron chi connectivity index (χ2n) is 6.24. The molecule has 152 valence electrons. The number of benzene rings is 2. The molecule has 1 aromatic heterocycles. The van der Waals surface area contributed by atoms with Gasteiger partial charge in [-0.2, -0.15) is 0 Å². The first-order valence-corrected chi connectivity index (χ1v) is 8.80. The Balaban J connectivity index is 1.79. The van der Waals surface area contributed by atoms with E-state index >= 15 is 0 Å². The van der Waals surface area contributed by atoms with Crippen molar-refractivity contribution in [1.29, 1.82) is 0 Å². The molecule has 0 bridgehead atoms. The van der Waals surface area contributed by atoms with E-state index in [-0.39, 0.29) is 11.8 Å². The SMILES string of the molecule is COc1cc([C@@H](C)NC(=O)c2cc(-c3cccc(F)c3)no2)cc(OC)c1OC. The number of carbonyl (C=O) groups is 1. The summed E-state index contributed by atoms with van der Waals surface area (Å²) in [6, 6.07) is 10.5. The van der Waals surface area contributed by atoms with Gasteiger partial charge >= 0.3 is 0 Å². The fraction of sp³-hybridized carbons (Fsp3) is 0.238. The third kappa shape index (κ3) is 4.31. The molecule has 0 saturated carbocycles. The summed E-state index contributed by atoms with van der Waals surface area (Å²) in [4.78, 5) is 12.6. The second kappa shape index (κ2) is 8.64. The number of nitrogens with zero attached hydrogens (tertiary/aromatic N) is 1. The van der Waals surface area contributed by atoms with Gasteiger partial charge in [-0.25, -0.2) is 4.39 Å². The number of rotatable bonds is 7. The molecule has 1 N–H and O–H groups in total. The van der Waals surface area contributed by atoms with Crippen LogP contribution < -0.4 is 19.5 Å². The van der Waals surface area contributed by atoms with E-state index in [4.69, 9.17) is 18.7 Å². The Morgan fingerprint density at radius 2 is 1.76 bits per heavy atom. The number of methoxy groups -OCH3 is 3. The molecule has 0 saturated heterocycles. The maximum absolute atomic E-state index is 13.4. The summed E-state index contributed by atoms with van der Waals surface area (Å²) in [5, 5.41) is 6.68. The van der Waals surface area contributed by atoms with Crippen molar-refractivity contribution in [3.8, 4) is 28.5 Å². The molecular formula is C21H21FN2O5. The molecule has 1 atom stereocenters. The minimum Gasteiger partial charge on any atom is -0.493 e. The zero-order chi connectivity index (χ0) is 21.0. The van der Waals surface area contributed by atoms with Crippen molar-refractivity contribution in [2.45, 2.75) is 13.0 Å². The molecule has 29 heavy (non-hydrogen) atoms. The average molecular weight is 400 g/mol. The first-order chi connectivity index (χ1) is 14.0. The smallest absolute Gasteiger partial charge is 0.290 e. The fourth-order valence-electron chi connectivity index (χ4n) is 2.87. The zero-order valence-corrected chi connectivity index (χ0v) is 16.5. The van der Waals surface area contributed by atoms with Gasteiger partial charge in [-0.15, -0.1) is 0 Å². The monoisotopic (exact) mass is 400 g/mol. The molecule has 2 aromatic carbocycles. The topological polar surface area (TPSA) is 82.8 Å². The van der Waals surface area contributed by atoms with Gasteiger partial charge in [-0.1, -0.05) is 17.3 Å². The molecule has 8 heteroatoms. The van der Waals surface area contributed by atoms with Crippen LogP contribution in [0.1, 0.15) is 29.1 Å². The van der Waals surface area contributed by atoms with Gasteiger partial charge in [0.2, 0.25) is 11.5 Å². The maximum atomic E-state index is 13.4. The lowest BCUT2D eigenvalue weighted by Gasteiger charge is -2.18. The van der Waals surface area contributed by atoms with Gasteiger partial charge in [-0.3, -0.25) is 4.79 Å². The van der Waals surface area contributed by atoms with Crippen molar-refractivity contribution in [2.75, 3.05) is 21.3 Å². The van der Waals surface area contributed by atoms with Gasteiger partial charge in [0.25, 0.3) is 5.91 Å². The molecule has 3 rings (SSSR count). The molecular weight excluding hydrogens is 379 g/mol. The van der Waals surface area contributed by atoms with Crippen molar-refractivity contribution in [3.63, 3.8) is 0 Å². The minimum atomic E-state index is -0.457. The van der Waals surface area contributed by atoms with Crippen molar-refractivity contribution in [3.05, 3.63) is 59.6 Å². The summed E-state index contributed by atoms with van der Waals surface area (Å²) >= 11 is 0. The number of carbonyl (C=O) groups excluding carboxylic acids is 1. The van der Waals surface area contributed by atoms with Crippen LogP contribution in [0, 0.1) is 5.82 Å². The van der Waals surface area contributed by atoms with Crippen LogP contribution in [-0.2, 0) is 0 Å². The van der Waals surface area contributed by atoms with Crippen LogP contribution in [0.15, 0.2) is 47.0 Å². The highest BCUT2D eigenvalue weighted by Gasteiger charge is 2.20. The van der Waals surface area contributed by atoms with Crippen molar-refractivity contribution in [2.24, 2.45) is 0 Å². The summed E-state index contributed by atoms with van der Waals surface area (Å²) in [5.74, 6) is 0.594. The summed E-state index contributed by atoms with van der Waals surface area (Å²) < 4.78 is 34.5. The minimum absolute atomic E-state index is 0.0172. The van der Waals surface area contributed by atoms with Gasteiger partial charge in [0.1, 0.15) is 11.5 Å². The predicted octanol–water partition coefficient (Wildman–Crippen LogP) is 4.00. The quantitative estimate of drug-likeness (QED) is 0.646. The summed E-state index contributed by atoms with van der Waals surface area (Å²) in [5.41, 5.74) is 1.64. The van der Waals surface area contributed by atoms with Crippen LogP contribution >= 0.6 is 0 Å². The van der Waals surface area contributed by atoms with Crippen LogP contribution in [0.25, 0.3) is 11.3 Å². The lowest BCUT2D eigenvalue weighted by atomic mass is 10.1. The number of amides is 1. The van der Waals surface area contributed by atoms with Crippen molar-refractivity contribution in [1.82, 2.24) is 10.5 Å². The highest BCUT2D eigenvalue weighted by Crippen LogP contribution is 2.39. The summed E-state index contributed by atoms with van der Waals surface area (Å²) in [6.45, 7) is 1.81. The van der Waals surface area contributed by atoms with E-state index in [0.717, 1.165) is 5.56 Å². The molecule has 0 aliphatic heterocycles. The zero-order valence-electron chi connectivity index (χ0n) is 16.5. The average Bonchev–Trinajstić information content (AvgIpc) is 3.23. The Morgan fingerprint density at radius 3 is 2.34 bits per heavy atom. The first-order valence-electron chi connectivity index (χ1n) is 8.80. The Hall–Kier alpha value is -3.55. The van der Waals surface area contributed by atoms with Crippen LogP contribution in [-0.4, -0.2) is 32.4 Å². The van der Waals surface area contributed by atoms with Crippen LogP contribution in [0.4, 0.5) is 4.39 Å². The van der Waals surface area contributed by atoms with Gasteiger partial charge < -0.3 is 24.1 Å². The third-order valence-electron chi connectivity index (χ3n) is 4.39. The molecule has 7 nitrogen and oxygen atoms in total. The summed E-state index contributed by atoms with van der Waals surface area (Å²) in [6.07, 6.45) is 0. The Morgan fingerprint density at radius 1 is 1.07 bits per heavy atom. The molecule has 1 heterocycles. The lowest BCUT2D eigenvalue weighted by molar-refractivity contribution is 0.0902. The predicted molar refractivity (Wildman–Crippen MR) is 104 cm³/mol. The number of nitrogens with one attached hydrogen (secondary N) is 1. The van der Waals surface area contributed by atoms with Crippen LogP contribution in [0.2, 0.25) is 0 Å². The molecule has 1 amide bonds. The van der Waals surface area contributed by atoms with Crippen LogP contribution in [0.3, 0.4) is 0 Å². The fourth-order valence-corrected chi connectivity index (χ4v) is 2.87. The van der Waals surface area contributed by atoms with Gasteiger partial charge in [0.15, 0.2) is 11.5 Å². The number of aromatic nitrogens is 1. The Kier molecular flexibility index (Phi) is 6.01. The van der Waals surface area contributed by atoms with Gasteiger partial charge in [-0.05, 0) is 36.8 Å². The van der Waals surface area contributed by atoms with E-state index in [1.165, 1.54) is 39.5 Å². The number of ether oxygens (including phenoxy) is 3. The molecule has 0 spiro atoms. The molecule has 0 radical (unpaired) electrons. The molecule has 0 unspecified atom stereocenters. The van der Waals surface area contributed by atoms with Crippen molar-refractivity contribution < 1.29 is 27.9 Å². The second-order valence-corrected chi connectivity index (χ2v) is 6.24. The number of hydrogen-bond acceptors (Lipinski definition) is 6. The lowest BCUT2D eigenvalue weighted by Crippen LogP contribution is -2.26. The summed E-state index contributed by atoms with van der Waals surface area (Å²) in [7, 11) is 4.56. The van der Waals surface area contributed by atoms with Gasteiger partial charge in [0.05, 0.1) is 27.4 Å². The van der Waals surface area contributed by atoms with E-state index in [0.29, 0.717) is 28.5 Å². The molecule has 3 aromatic rings. The Bertz CT molecular complexity index is 993. The molecule has 0 fully saturated rings. The van der Waals surface area contributed by atoms with E-state index in [9.17, 15) is 9.18 Å². The maximum Gasteiger partial charge on any atom is 0.290 e. The van der Waals surface area contributed by atoms with Crippen molar-refractivity contribution >= 4 is 5.91 Å². The number of halogens is 1. The highest BCUT2D eigenvalue weighted by molar-refractivity contribution is 5.92. The normalized spacial score (nSPS) is 11.6. The standard InChI is InChI=1S/C21H21FN2O5/c1-12(14-9-17(26-2)20(28-4)18(10-14)27-3)23-21(25)19-11-16(24-29-19)13-6-5-7-15(22)8-13/h5-12H,1-4H3,(H,23,25)/t12-/m1/s1. The van der Waals surface area contributed by atoms with Gasteiger partial charge in [0, 0.05) is 11.6 Å². The largest absolute Gasteiger partial charge is 0.493 e. The van der Waals surface area contributed by atoms with E-state index in [1.807, 2.05) is 6.92 Å². The Labute approximate surface area is 167 Å². The molecule has 0 aliphatic carbocycles. The highest BCUT2D eigenvalue weighted by atomic mass is 19.1. The van der Waals surface area contributed by atoms with E-state index in [1.54, 1.807) is 24.3 Å². The van der Waals surface area contributed by atoms with Crippen LogP contribution in [0.5, 0.6) is 17.2 Å².